The second-order valence-electron chi connectivity index (χ2n) is 7.91. The summed E-state index contributed by atoms with van der Waals surface area (Å²) in [6.45, 7) is 6.33. The molecule has 3 heterocycles. The van der Waals surface area contributed by atoms with E-state index < -0.39 is 23.4 Å². The molecule has 0 unspecified atom stereocenters. The lowest BCUT2D eigenvalue weighted by Gasteiger charge is -2.36. The number of rotatable bonds is 6. The molecule has 3 aromatic rings. The van der Waals surface area contributed by atoms with Gasteiger partial charge in [0.1, 0.15) is 5.82 Å². The first-order valence-corrected chi connectivity index (χ1v) is 11.2. The zero-order valence-corrected chi connectivity index (χ0v) is 19.2. The summed E-state index contributed by atoms with van der Waals surface area (Å²) in [5, 5.41) is 0. The normalized spacial score (nSPS) is 14.4. The predicted octanol–water partition coefficient (Wildman–Crippen LogP) is 4.40. The summed E-state index contributed by atoms with van der Waals surface area (Å²) >= 11 is 0. The average molecular weight is 493 g/mol. The number of hydrogen-bond donors (Lipinski definition) is 0. The van der Waals surface area contributed by atoms with E-state index in [1.165, 1.54) is 18.3 Å². The molecule has 0 aliphatic carbocycles. The second-order valence-corrected chi connectivity index (χ2v) is 7.91. The van der Waals surface area contributed by atoms with E-state index in [-0.39, 0.29) is 24.7 Å². The van der Waals surface area contributed by atoms with E-state index in [0.717, 1.165) is 18.2 Å². The third-order valence-electron chi connectivity index (χ3n) is 5.79. The Balaban J connectivity index is 1.63. The van der Waals surface area contributed by atoms with Gasteiger partial charge in [-0.05, 0) is 44.2 Å². The molecule has 7 nitrogen and oxygen atoms in total. The van der Waals surface area contributed by atoms with Crippen LogP contribution in [0.25, 0.3) is 11.4 Å². The second kappa shape index (κ2) is 9.96. The minimum Gasteiger partial charge on any atom is -0.353 e. The number of halogens is 5. The van der Waals surface area contributed by atoms with Crippen LogP contribution in [0.5, 0.6) is 0 Å². The van der Waals surface area contributed by atoms with E-state index in [1.54, 1.807) is 4.90 Å². The highest BCUT2D eigenvalue weighted by molar-refractivity contribution is 5.59. The van der Waals surface area contributed by atoms with Crippen LogP contribution >= 0.6 is 0 Å². The first-order chi connectivity index (χ1) is 16.7. The van der Waals surface area contributed by atoms with Crippen molar-refractivity contribution in [1.82, 2.24) is 19.9 Å². The Morgan fingerprint density at radius 1 is 0.886 bits per heavy atom. The van der Waals surface area contributed by atoms with Gasteiger partial charge in [-0.15, -0.1) is 0 Å². The lowest BCUT2D eigenvalue weighted by molar-refractivity contribution is -0.137. The van der Waals surface area contributed by atoms with Gasteiger partial charge in [-0.2, -0.15) is 28.1 Å². The molecule has 186 valence electrons. The van der Waals surface area contributed by atoms with E-state index >= 15 is 0 Å². The van der Waals surface area contributed by atoms with Crippen LogP contribution in [0.1, 0.15) is 19.4 Å². The molecule has 0 radical (unpaired) electrons. The molecule has 1 saturated heterocycles. The molecule has 0 N–H and O–H groups in total. The molecule has 0 spiro atoms. The first kappa shape index (κ1) is 24.6. The van der Waals surface area contributed by atoms with Gasteiger partial charge in [-0.3, -0.25) is 0 Å². The summed E-state index contributed by atoms with van der Waals surface area (Å²) in [7, 11) is 0. The molecule has 4 rings (SSSR count). The van der Waals surface area contributed by atoms with Crippen molar-refractivity contribution in [3.63, 3.8) is 0 Å². The molecule has 12 heteroatoms. The van der Waals surface area contributed by atoms with E-state index in [2.05, 4.69) is 19.9 Å². The van der Waals surface area contributed by atoms with Gasteiger partial charge < -0.3 is 14.7 Å². The maximum Gasteiger partial charge on any atom is 0.419 e. The number of aromatic nitrogens is 4. The Morgan fingerprint density at radius 2 is 1.57 bits per heavy atom. The van der Waals surface area contributed by atoms with Crippen LogP contribution in [0.3, 0.4) is 0 Å². The Kier molecular flexibility index (Phi) is 6.99. The number of hydrogen-bond acceptors (Lipinski definition) is 7. The van der Waals surface area contributed by atoms with E-state index in [1.807, 2.05) is 23.6 Å². The van der Waals surface area contributed by atoms with Crippen LogP contribution in [0.4, 0.5) is 39.7 Å². The lowest BCUT2D eigenvalue weighted by atomic mass is 10.2. The van der Waals surface area contributed by atoms with Crippen molar-refractivity contribution in [3.8, 4) is 11.4 Å². The highest BCUT2D eigenvalue weighted by atomic mass is 19.4. The standard InChI is InChI=1S/C23H24F5N7/c1-3-33(4-2)21-30-19(15-7-8-17(24)18(25)14-15)31-22(32-21)35-12-10-34(11-13-35)20-16(23(26,27)28)6-5-9-29-20/h5-9,14H,3-4,10-13H2,1-2H3. The number of piperazine rings is 1. The van der Waals surface area contributed by atoms with Crippen molar-refractivity contribution >= 4 is 17.7 Å². The molecule has 1 aliphatic rings. The molecule has 0 amide bonds. The molecule has 2 aromatic heterocycles. The number of anilines is 3. The Bertz CT molecular complexity index is 1180. The van der Waals surface area contributed by atoms with Gasteiger partial charge in [-0.25, -0.2) is 13.8 Å². The van der Waals surface area contributed by atoms with Crippen LogP contribution in [-0.4, -0.2) is 59.2 Å². The van der Waals surface area contributed by atoms with Gasteiger partial charge in [-0.1, -0.05) is 0 Å². The molecule has 0 bridgehead atoms. The lowest BCUT2D eigenvalue weighted by Crippen LogP contribution is -2.48. The molecule has 35 heavy (non-hydrogen) atoms. The number of pyridine rings is 1. The fourth-order valence-corrected chi connectivity index (χ4v) is 3.90. The summed E-state index contributed by atoms with van der Waals surface area (Å²) < 4.78 is 67.6. The minimum atomic E-state index is -4.51. The third-order valence-corrected chi connectivity index (χ3v) is 5.79. The molecule has 1 fully saturated rings. The quantitative estimate of drug-likeness (QED) is 0.472. The molecule has 0 atom stereocenters. The van der Waals surface area contributed by atoms with E-state index in [0.29, 0.717) is 43.6 Å². The molecule has 0 saturated carbocycles. The maximum atomic E-state index is 13.9. The molecule has 1 aromatic carbocycles. The highest BCUT2D eigenvalue weighted by Crippen LogP contribution is 2.35. The van der Waals surface area contributed by atoms with Gasteiger partial charge >= 0.3 is 6.18 Å². The minimum absolute atomic E-state index is 0.110. The van der Waals surface area contributed by atoms with Gasteiger partial charge in [0.15, 0.2) is 17.5 Å². The summed E-state index contributed by atoms with van der Waals surface area (Å²) in [4.78, 5) is 22.8. The summed E-state index contributed by atoms with van der Waals surface area (Å²) in [6, 6.07) is 5.71. The van der Waals surface area contributed by atoms with Gasteiger partial charge in [0.05, 0.1) is 5.56 Å². The summed E-state index contributed by atoms with van der Waals surface area (Å²) in [6.07, 6.45) is -3.17. The third kappa shape index (κ3) is 5.25. The van der Waals surface area contributed by atoms with Gasteiger partial charge in [0.2, 0.25) is 11.9 Å². The van der Waals surface area contributed by atoms with Crippen LogP contribution in [0.15, 0.2) is 36.5 Å². The first-order valence-electron chi connectivity index (χ1n) is 11.2. The van der Waals surface area contributed by atoms with Crippen LogP contribution in [-0.2, 0) is 6.18 Å². The molecular weight excluding hydrogens is 469 g/mol. The number of alkyl halides is 3. The molecule has 1 aliphatic heterocycles. The zero-order valence-electron chi connectivity index (χ0n) is 19.2. The Hall–Kier alpha value is -3.57. The number of nitrogens with zero attached hydrogens (tertiary/aromatic N) is 7. The Morgan fingerprint density at radius 3 is 2.20 bits per heavy atom. The largest absolute Gasteiger partial charge is 0.419 e. The zero-order chi connectivity index (χ0) is 25.2. The van der Waals surface area contributed by atoms with Crippen LogP contribution < -0.4 is 14.7 Å². The highest BCUT2D eigenvalue weighted by Gasteiger charge is 2.36. The topological polar surface area (TPSA) is 61.3 Å². The van der Waals surface area contributed by atoms with Crippen molar-refractivity contribution in [3.05, 3.63) is 53.7 Å². The fraction of sp³-hybridized carbons (Fsp3) is 0.391. The van der Waals surface area contributed by atoms with E-state index in [4.69, 9.17) is 0 Å². The fourth-order valence-electron chi connectivity index (χ4n) is 3.90. The smallest absolute Gasteiger partial charge is 0.353 e. The maximum absolute atomic E-state index is 13.9. The Labute approximate surface area is 199 Å². The van der Waals surface area contributed by atoms with Crippen LogP contribution in [0, 0.1) is 11.6 Å². The van der Waals surface area contributed by atoms with Crippen molar-refractivity contribution in [2.45, 2.75) is 20.0 Å². The average Bonchev–Trinajstić information content (AvgIpc) is 2.86. The number of benzene rings is 1. The van der Waals surface area contributed by atoms with Crippen molar-refractivity contribution in [1.29, 1.82) is 0 Å². The van der Waals surface area contributed by atoms with Crippen molar-refractivity contribution in [2.24, 2.45) is 0 Å². The molecular formula is C23H24F5N7. The SMILES string of the molecule is CCN(CC)c1nc(-c2ccc(F)c(F)c2)nc(N2CCN(c3ncccc3C(F)(F)F)CC2)n1. The predicted molar refractivity (Wildman–Crippen MR) is 122 cm³/mol. The monoisotopic (exact) mass is 493 g/mol. The van der Waals surface area contributed by atoms with Gasteiger partial charge in [0.25, 0.3) is 0 Å². The summed E-state index contributed by atoms with van der Waals surface area (Å²) in [5.41, 5.74) is -0.485. The van der Waals surface area contributed by atoms with E-state index in [9.17, 15) is 22.0 Å². The van der Waals surface area contributed by atoms with Crippen molar-refractivity contribution < 1.29 is 22.0 Å². The van der Waals surface area contributed by atoms with Crippen molar-refractivity contribution in [2.75, 3.05) is 54.0 Å². The van der Waals surface area contributed by atoms with Crippen LogP contribution in [0.2, 0.25) is 0 Å². The summed E-state index contributed by atoms with van der Waals surface area (Å²) in [5.74, 6) is -1.22. The van der Waals surface area contributed by atoms with Gasteiger partial charge in [0, 0.05) is 51.0 Å².